The summed E-state index contributed by atoms with van der Waals surface area (Å²) in [6, 6.07) is 23.6. The molecule has 12 heteroatoms. The topological polar surface area (TPSA) is 118 Å². The van der Waals surface area contributed by atoms with Crippen LogP contribution in [-0.2, 0) is 21.5 Å². The van der Waals surface area contributed by atoms with Crippen LogP contribution in [0, 0.1) is 29.0 Å². The van der Waals surface area contributed by atoms with E-state index in [1.165, 1.54) is 6.07 Å². The van der Waals surface area contributed by atoms with E-state index < -0.39 is 11.5 Å². The van der Waals surface area contributed by atoms with E-state index in [-0.39, 0.29) is 37.0 Å². The number of hydrogen-bond acceptors (Lipinski definition) is 8. The van der Waals surface area contributed by atoms with E-state index in [1.807, 2.05) is 47.1 Å². The van der Waals surface area contributed by atoms with Crippen LogP contribution in [0.2, 0.25) is 5.02 Å². The van der Waals surface area contributed by atoms with Crippen LogP contribution >= 0.6 is 11.6 Å². The zero-order valence-electron chi connectivity index (χ0n) is 27.3. The van der Waals surface area contributed by atoms with Crippen LogP contribution in [-0.4, -0.2) is 52.1 Å². The van der Waals surface area contributed by atoms with Crippen LogP contribution < -0.4 is 10.2 Å². The SMILES string of the molecule is N#Cc1ccc(-c2nn(C3CCCCO3)c3nc(N4CC[C@@H]5[C@H](C4)[C@@]5(CNC(=O)OCc4ccccc4)c4ccccc4F)cnc23)c(Cl)c1. The van der Waals surface area contributed by atoms with Gasteiger partial charge in [0.25, 0.3) is 0 Å². The molecule has 1 N–H and O–H groups in total. The predicted octanol–water partition coefficient (Wildman–Crippen LogP) is 7.18. The van der Waals surface area contributed by atoms with E-state index in [4.69, 9.17) is 36.1 Å². The molecule has 4 atom stereocenters. The van der Waals surface area contributed by atoms with Crippen molar-refractivity contribution in [1.82, 2.24) is 25.1 Å². The van der Waals surface area contributed by atoms with Gasteiger partial charge >= 0.3 is 6.09 Å². The number of fused-ring (bicyclic) bond motifs is 2. The Balaban J connectivity index is 1.08. The summed E-state index contributed by atoms with van der Waals surface area (Å²) in [5.41, 5.74) is 3.80. The minimum absolute atomic E-state index is 0.0691. The third-order valence-electron chi connectivity index (χ3n) is 10.4. The molecule has 1 aliphatic carbocycles. The van der Waals surface area contributed by atoms with Crippen LogP contribution in [0.25, 0.3) is 22.4 Å². The summed E-state index contributed by atoms with van der Waals surface area (Å²) in [5, 5.41) is 17.7. The van der Waals surface area contributed by atoms with Crippen molar-refractivity contribution in [3.8, 4) is 17.3 Å². The highest BCUT2D eigenvalue weighted by atomic mass is 35.5. The molecule has 2 saturated heterocycles. The number of hydrogen-bond donors (Lipinski definition) is 1. The van der Waals surface area contributed by atoms with E-state index in [9.17, 15) is 10.1 Å². The lowest BCUT2D eigenvalue weighted by Crippen LogP contribution is -2.36. The summed E-state index contributed by atoms with van der Waals surface area (Å²) in [7, 11) is 0. The Kier molecular flexibility index (Phi) is 8.59. The van der Waals surface area contributed by atoms with Gasteiger partial charge in [-0.05, 0) is 72.9 Å². The van der Waals surface area contributed by atoms with E-state index in [2.05, 4.69) is 16.3 Å². The third kappa shape index (κ3) is 5.82. The molecule has 4 heterocycles. The smallest absolute Gasteiger partial charge is 0.407 e. The molecule has 10 nitrogen and oxygen atoms in total. The Morgan fingerprint density at radius 1 is 1.10 bits per heavy atom. The summed E-state index contributed by atoms with van der Waals surface area (Å²) in [6.45, 7) is 2.35. The molecule has 50 heavy (non-hydrogen) atoms. The third-order valence-corrected chi connectivity index (χ3v) is 10.7. The Labute approximate surface area is 293 Å². The van der Waals surface area contributed by atoms with E-state index >= 15 is 4.39 Å². The molecule has 0 spiro atoms. The highest BCUT2D eigenvalue weighted by molar-refractivity contribution is 6.33. The Morgan fingerprint density at radius 3 is 2.72 bits per heavy atom. The average molecular weight is 692 g/mol. The number of anilines is 1. The van der Waals surface area contributed by atoms with Gasteiger partial charge < -0.3 is 19.7 Å². The largest absolute Gasteiger partial charge is 0.445 e. The molecule has 8 rings (SSSR count). The summed E-state index contributed by atoms with van der Waals surface area (Å²) < 4.78 is 28.9. The molecular weight excluding hydrogens is 657 g/mol. The first-order chi connectivity index (χ1) is 24.5. The van der Waals surface area contributed by atoms with Crippen molar-refractivity contribution in [2.24, 2.45) is 11.8 Å². The minimum Gasteiger partial charge on any atom is -0.445 e. The standard InChI is InChI=1S/C38H35ClFN7O3/c39-30-18-25(19-41)13-14-26(30)34-35-36(47(45-34)33-12-6-7-17-49-33)44-32(20-42-35)46-16-15-27-29(21-46)38(27,28-10-4-5-11-31(28)40)23-43-37(48)50-22-24-8-2-1-3-9-24/h1-5,8-11,13-14,18,20,27,29,33H,6-7,12,15-17,21-23H2,(H,43,48)/t27-,29+,33?,38-/m1/s1. The molecule has 5 aromatic rings. The van der Waals surface area contributed by atoms with Crippen molar-refractivity contribution in [1.29, 1.82) is 5.26 Å². The predicted molar refractivity (Wildman–Crippen MR) is 186 cm³/mol. The van der Waals surface area contributed by atoms with Crippen molar-refractivity contribution >= 4 is 34.7 Å². The van der Waals surface area contributed by atoms with Crippen molar-refractivity contribution in [2.45, 2.75) is 43.9 Å². The number of benzene rings is 3. The summed E-state index contributed by atoms with van der Waals surface area (Å²) in [4.78, 5) is 25.0. The van der Waals surface area contributed by atoms with E-state index in [0.717, 1.165) is 31.2 Å². The van der Waals surface area contributed by atoms with Gasteiger partial charge in [0.2, 0.25) is 0 Å². The number of rotatable bonds is 8. The Hall–Kier alpha value is -5.05. The molecule has 2 aliphatic heterocycles. The van der Waals surface area contributed by atoms with Gasteiger partial charge in [0.05, 0.1) is 22.9 Å². The van der Waals surface area contributed by atoms with Crippen molar-refractivity contribution in [3.63, 3.8) is 0 Å². The second kappa shape index (κ2) is 13.3. The number of halogens is 2. The zero-order chi connectivity index (χ0) is 34.2. The van der Waals surface area contributed by atoms with Gasteiger partial charge in [-0.2, -0.15) is 10.4 Å². The number of carbonyl (C=O) groups is 1. The lowest BCUT2D eigenvalue weighted by Gasteiger charge is -2.27. The average Bonchev–Trinajstić information content (AvgIpc) is 3.65. The monoisotopic (exact) mass is 691 g/mol. The first-order valence-electron chi connectivity index (χ1n) is 17.0. The summed E-state index contributed by atoms with van der Waals surface area (Å²) in [5.74, 6) is 0.655. The fourth-order valence-corrected chi connectivity index (χ4v) is 8.17. The number of amides is 1. The quantitative estimate of drug-likeness (QED) is 0.182. The van der Waals surface area contributed by atoms with Gasteiger partial charge in [-0.1, -0.05) is 60.1 Å². The maximum Gasteiger partial charge on any atom is 0.407 e. The fourth-order valence-electron chi connectivity index (χ4n) is 7.90. The second-order valence-corrected chi connectivity index (χ2v) is 13.6. The second-order valence-electron chi connectivity index (χ2n) is 13.2. The Bertz CT molecular complexity index is 2100. The van der Waals surface area contributed by atoms with Gasteiger partial charge in [0.15, 0.2) is 11.9 Å². The number of nitriles is 1. The molecule has 0 bridgehead atoms. The molecule has 0 radical (unpaired) electrons. The molecule has 254 valence electrons. The first kappa shape index (κ1) is 32.2. The highest BCUT2D eigenvalue weighted by Gasteiger charge is 2.67. The Morgan fingerprint density at radius 2 is 1.94 bits per heavy atom. The maximum atomic E-state index is 15.5. The van der Waals surface area contributed by atoms with Gasteiger partial charge in [-0.15, -0.1) is 0 Å². The molecule has 1 unspecified atom stereocenters. The normalized spacial score (nSPS) is 22.8. The van der Waals surface area contributed by atoms with Crippen LogP contribution in [0.3, 0.4) is 0 Å². The first-order valence-corrected chi connectivity index (χ1v) is 17.4. The fraction of sp³-hybridized carbons (Fsp3) is 0.342. The zero-order valence-corrected chi connectivity index (χ0v) is 28.0. The number of nitrogens with one attached hydrogen (secondary N) is 1. The molecule has 3 fully saturated rings. The van der Waals surface area contributed by atoms with Gasteiger partial charge in [0, 0.05) is 37.2 Å². The van der Waals surface area contributed by atoms with Gasteiger partial charge in [-0.3, -0.25) is 0 Å². The number of aromatic nitrogens is 4. The lowest BCUT2D eigenvalue weighted by atomic mass is 9.90. The number of carbonyl (C=O) groups excluding carboxylic acids is 1. The van der Waals surface area contributed by atoms with E-state index in [0.29, 0.717) is 64.1 Å². The van der Waals surface area contributed by atoms with Crippen LogP contribution in [0.15, 0.2) is 79.0 Å². The molecule has 1 saturated carbocycles. The number of ether oxygens (including phenoxy) is 2. The molecule has 3 aromatic carbocycles. The minimum atomic E-state index is -0.583. The molecule has 1 amide bonds. The van der Waals surface area contributed by atoms with Gasteiger partial charge in [-0.25, -0.2) is 23.8 Å². The summed E-state index contributed by atoms with van der Waals surface area (Å²) >= 11 is 6.64. The molecule has 2 aromatic heterocycles. The number of nitrogens with zero attached hydrogens (tertiary/aromatic N) is 6. The lowest BCUT2D eigenvalue weighted by molar-refractivity contribution is -0.0368. The van der Waals surface area contributed by atoms with Crippen molar-refractivity contribution < 1.29 is 18.7 Å². The van der Waals surface area contributed by atoms with E-state index in [1.54, 1.807) is 30.5 Å². The van der Waals surface area contributed by atoms with Crippen molar-refractivity contribution in [2.75, 3.05) is 31.1 Å². The van der Waals surface area contributed by atoms with Crippen LogP contribution in [0.5, 0.6) is 0 Å². The number of piperidine rings is 1. The van der Waals surface area contributed by atoms with Crippen LogP contribution in [0.4, 0.5) is 15.0 Å². The highest BCUT2D eigenvalue weighted by Crippen LogP contribution is 2.63. The van der Waals surface area contributed by atoms with Crippen LogP contribution in [0.1, 0.15) is 48.6 Å². The molecule has 3 aliphatic rings. The van der Waals surface area contributed by atoms with Gasteiger partial charge in [0.1, 0.15) is 29.5 Å². The maximum absolute atomic E-state index is 15.5. The summed E-state index contributed by atoms with van der Waals surface area (Å²) in [6.07, 6.45) is 4.51. The number of alkyl carbamates (subject to hydrolysis) is 1. The molecular formula is C38H35ClFN7O3. The van der Waals surface area contributed by atoms with Crippen molar-refractivity contribution in [3.05, 3.63) is 107 Å².